The number of nitrogens with two attached hydrogens (primary N) is 1. The summed E-state index contributed by atoms with van der Waals surface area (Å²) in [5.41, 5.74) is 6.69. The summed E-state index contributed by atoms with van der Waals surface area (Å²) in [6, 6.07) is 4.76. The average molecular weight is 294 g/mol. The first kappa shape index (κ1) is 14.5. The summed E-state index contributed by atoms with van der Waals surface area (Å²) in [4.78, 5) is 2.66. The Bertz CT molecular complexity index is 441. The van der Waals surface area contributed by atoms with Crippen LogP contribution >= 0.6 is 11.8 Å². The summed E-state index contributed by atoms with van der Waals surface area (Å²) in [6.45, 7) is 6.44. The summed E-state index contributed by atoms with van der Waals surface area (Å²) in [5.74, 6) is 3.47. The first-order valence-electron chi connectivity index (χ1n) is 7.66. The maximum atomic E-state index is 6.32. The molecule has 2 aliphatic rings. The lowest BCUT2D eigenvalue weighted by Crippen LogP contribution is -2.66. The number of hydrogen-bond acceptors (Lipinski definition) is 4. The van der Waals surface area contributed by atoms with Gasteiger partial charge in [-0.1, -0.05) is 13.8 Å². The molecule has 0 radical (unpaired) electrons. The molecule has 3 rings (SSSR count). The molecule has 0 aromatic carbocycles. The molecule has 2 N–H and O–H groups in total. The van der Waals surface area contributed by atoms with Crippen LogP contribution in [-0.4, -0.2) is 34.5 Å². The maximum Gasteiger partial charge on any atom is 0.117 e. The van der Waals surface area contributed by atoms with Crippen molar-refractivity contribution in [2.24, 2.45) is 11.1 Å². The zero-order valence-electron chi connectivity index (χ0n) is 12.6. The predicted molar refractivity (Wildman–Crippen MR) is 84.8 cm³/mol. The van der Waals surface area contributed by atoms with E-state index in [0.717, 1.165) is 24.6 Å². The third-order valence-corrected chi connectivity index (χ3v) is 6.43. The largest absolute Gasteiger partial charge is 0.468 e. The van der Waals surface area contributed by atoms with E-state index < -0.39 is 0 Å². The van der Waals surface area contributed by atoms with E-state index in [4.69, 9.17) is 10.2 Å². The summed E-state index contributed by atoms with van der Waals surface area (Å²) in [7, 11) is 0. The lowest BCUT2D eigenvalue weighted by atomic mass is 9.69. The summed E-state index contributed by atoms with van der Waals surface area (Å²) in [5, 5.41) is 0. The molecule has 2 heterocycles. The Morgan fingerprint density at radius 1 is 1.45 bits per heavy atom. The minimum atomic E-state index is 0.101. The van der Waals surface area contributed by atoms with E-state index in [-0.39, 0.29) is 11.0 Å². The van der Waals surface area contributed by atoms with Crippen molar-refractivity contribution in [1.82, 2.24) is 4.90 Å². The molecule has 0 amide bonds. The van der Waals surface area contributed by atoms with Crippen LogP contribution in [0.15, 0.2) is 22.8 Å². The monoisotopic (exact) mass is 294 g/mol. The molecular weight excluding hydrogens is 268 g/mol. The van der Waals surface area contributed by atoms with Crippen LogP contribution in [0.25, 0.3) is 0 Å². The fraction of sp³-hybridized carbons (Fsp3) is 0.750. The second-order valence-electron chi connectivity index (χ2n) is 6.86. The average Bonchev–Trinajstić information content (AvgIpc) is 3.14. The second kappa shape index (κ2) is 5.39. The smallest absolute Gasteiger partial charge is 0.117 e. The van der Waals surface area contributed by atoms with Crippen LogP contribution in [0, 0.1) is 5.41 Å². The van der Waals surface area contributed by atoms with Gasteiger partial charge in [-0.05, 0) is 42.6 Å². The van der Waals surface area contributed by atoms with Gasteiger partial charge in [-0.2, -0.15) is 11.8 Å². The van der Waals surface area contributed by atoms with Gasteiger partial charge in [0.05, 0.1) is 12.8 Å². The van der Waals surface area contributed by atoms with Gasteiger partial charge in [0, 0.05) is 23.9 Å². The van der Waals surface area contributed by atoms with Crippen molar-refractivity contribution in [2.75, 3.05) is 18.1 Å². The van der Waals surface area contributed by atoms with Gasteiger partial charge in [-0.15, -0.1) is 0 Å². The predicted octanol–water partition coefficient (Wildman–Crippen LogP) is 3.10. The highest BCUT2D eigenvalue weighted by molar-refractivity contribution is 7.99. The quantitative estimate of drug-likeness (QED) is 0.906. The van der Waals surface area contributed by atoms with Crippen molar-refractivity contribution >= 4 is 11.8 Å². The van der Waals surface area contributed by atoms with Gasteiger partial charge >= 0.3 is 0 Å². The fourth-order valence-electron chi connectivity index (χ4n) is 3.51. The van der Waals surface area contributed by atoms with Crippen LogP contribution in [0.2, 0.25) is 0 Å². The number of hydrogen-bond donors (Lipinski definition) is 1. The van der Waals surface area contributed by atoms with Crippen LogP contribution in [0.1, 0.15) is 38.9 Å². The molecular formula is C16H26N2OS. The van der Waals surface area contributed by atoms with Crippen molar-refractivity contribution in [1.29, 1.82) is 0 Å². The molecule has 1 aromatic rings. The van der Waals surface area contributed by atoms with Gasteiger partial charge < -0.3 is 10.2 Å². The first-order valence-corrected chi connectivity index (χ1v) is 8.81. The maximum absolute atomic E-state index is 6.32. The van der Waals surface area contributed by atoms with Gasteiger partial charge in [0.25, 0.3) is 0 Å². The van der Waals surface area contributed by atoms with Crippen LogP contribution in [0.4, 0.5) is 0 Å². The molecule has 1 unspecified atom stereocenters. The van der Waals surface area contributed by atoms with Crippen molar-refractivity contribution in [2.45, 2.75) is 51.2 Å². The van der Waals surface area contributed by atoms with E-state index in [1.165, 1.54) is 25.0 Å². The van der Waals surface area contributed by atoms with Gasteiger partial charge in [-0.3, -0.25) is 4.90 Å². The lowest BCUT2D eigenvalue weighted by molar-refractivity contribution is -0.0151. The molecule has 1 atom stereocenters. The summed E-state index contributed by atoms with van der Waals surface area (Å²) >= 11 is 2.06. The molecule has 0 bridgehead atoms. The zero-order chi connectivity index (χ0) is 14.2. The number of furan rings is 1. The molecule has 1 saturated heterocycles. The van der Waals surface area contributed by atoms with Crippen molar-refractivity contribution in [3.8, 4) is 0 Å². The molecule has 3 nitrogen and oxygen atoms in total. The van der Waals surface area contributed by atoms with Crippen molar-refractivity contribution in [3.63, 3.8) is 0 Å². The van der Waals surface area contributed by atoms with E-state index in [2.05, 4.69) is 36.6 Å². The number of thioether (sulfide) groups is 1. The molecule has 1 aliphatic carbocycles. The van der Waals surface area contributed by atoms with Gasteiger partial charge in [-0.25, -0.2) is 0 Å². The Morgan fingerprint density at radius 3 is 2.80 bits per heavy atom. The summed E-state index contributed by atoms with van der Waals surface area (Å²) in [6.07, 6.45) is 5.64. The Morgan fingerprint density at radius 2 is 2.25 bits per heavy atom. The normalized spacial score (nSPS) is 29.8. The molecule has 20 heavy (non-hydrogen) atoms. The van der Waals surface area contributed by atoms with Crippen LogP contribution < -0.4 is 5.73 Å². The Hall–Kier alpha value is -0.450. The summed E-state index contributed by atoms with van der Waals surface area (Å²) < 4.78 is 5.60. The van der Waals surface area contributed by atoms with E-state index >= 15 is 0 Å². The van der Waals surface area contributed by atoms with Crippen LogP contribution in [0.3, 0.4) is 0 Å². The third kappa shape index (κ3) is 2.42. The molecule has 112 valence electrons. The van der Waals surface area contributed by atoms with E-state index in [9.17, 15) is 0 Å². The highest BCUT2D eigenvalue weighted by Crippen LogP contribution is 2.49. The van der Waals surface area contributed by atoms with Crippen molar-refractivity contribution < 1.29 is 4.42 Å². The molecule has 1 saturated carbocycles. The molecule has 1 aromatic heterocycles. The van der Waals surface area contributed by atoms with E-state index in [1.54, 1.807) is 6.26 Å². The minimum absolute atomic E-state index is 0.101. The fourth-order valence-corrected chi connectivity index (χ4v) is 5.32. The third-order valence-electron chi connectivity index (χ3n) is 5.25. The number of rotatable bonds is 5. The van der Waals surface area contributed by atoms with E-state index in [1.807, 2.05) is 6.07 Å². The van der Waals surface area contributed by atoms with Gasteiger partial charge in [0.15, 0.2) is 0 Å². The lowest BCUT2D eigenvalue weighted by Gasteiger charge is -2.55. The van der Waals surface area contributed by atoms with Crippen LogP contribution in [-0.2, 0) is 6.54 Å². The Balaban J connectivity index is 1.90. The van der Waals surface area contributed by atoms with Crippen LogP contribution in [0.5, 0.6) is 0 Å². The van der Waals surface area contributed by atoms with Crippen molar-refractivity contribution in [3.05, 3.63) is 24.2 Å². The topological polar surface area (TPSA) is 42.4 Å². The second-order valence-corrected chi connectivity index (χ2v) is 7.97. The Kier molecular flexibility index (Phi) is 3.91. The standard InChI is InChI=1S/C16H26N2OS/c1-15(2)7-9-20-12-16(15,11-17)18(13-5-6-13)10-14-4-3-8-19-14/h3-4,8,13H,5-7,9-12,17H2,1-2H3. The highest BCUT2D eigenvalue weighted by Gasteiger charge is 2.53. The highest BCUT2D eigenvalue weighted by atomic mass is 32.2. The molecule has 1 aliphatic heterocycles. The van der Waals surface area contributed by atoms with Gasteiger partial charge in [0.2, 0.25) is 0 Å². The first-order chi connectivity index (χ1) is 9.59. The number of nitrogens with zero attached hydrogens (tertiary/aromatic N) is 1. The van der Waals surface area contributed by atoms with Gasteiger partial charge in [0.1, 0.15) is 5.76 Å². The van der Waals surface area contributed by atoms with E-state index in [0.29, 0.717) is 6.04 Å². The molecule has 4 heteroatoms. The molecule has 0 spiro atoms. The Labute approximate surface area is 126 Å². The molecule has 2 fully saturated rings. The zero-order valence-corrected chi connectivity index (χ0v) is 13.4. The SMILES string of the molecule is CC1(C)CCSCC1(CN)N(Cc1ccco1)C1CC1. The minimum Gasteiger partial charge on any atom is -0.468 e.